The molecule has 0 atom stereocenters. The second-order valence-corrected chi connectivity index (χ2v) is 16.3. The molecule has 5 nitrogen and oxygen atoms in total. The minimum atomic E-state index is 0.702. The van der Waals surface area contributed by atoms with Crippen molar-refractivity contribution < 1.29 is 4.42 Å². The lowest BCUT2D eigenvalue weighted by atomic mass is 9.91. The van der Waals surface area contributed by atoms with Crippen LogP contribution in [0.15, 0.2) is 217 Å². The van der Waals surface area contributed by atoms with Gasteiger partial charge in [-0.3, -0.25) is 4.57 Å². The lowest BCUT2D eigenvalue weighted by Gasteiger charge is -2.15. The number of nitrogens with one attached hydrogen (secondary N) is 1. The van der Waals surface area contributed by atoms with Gasteiger partial charge in [0.25, 0.3) is 0 Å². The molecule has 5 heteroatoms. The van der Waals surface area contributed by atoms with Crippen molar-refractivity contribution in [2.75, 3.05) is 0 Å². The van der Waals surface area contributed by atoms with Crippen LogP contribution in [0.25, 0.3) is 127 Å². The van der Waals surface area contributed by atoms with E-state index in [-0.39, 0.29) is 0 Å². The third kappa shape index (κ3) is 5.71. The minimum absolute atomic E-state index is 0.702. The van der Waals surface area contributed by atoms with Gasteiger partial charge in [0.1, 0.15) is 11.2 Å². The Kier molecular flexibility index (Phi) is 7.84. The highest BCUT2D eigenvalue weighted by Crippen LogP contribution is 2.43. The minimum Gasteiger partial charge on any atom is -0.452 e. The molecule has 0 radical (unpaired) electrons. The number of H-pyrrole nitrogens is 1. The number of aromatic amines is 1. The zero-order chi connectivity index (χ0) is 41.4. The molecule has 8 aromatic carbocycles. The Bertz CT molecular complexity index is 3850. The van der Waals surface area contributed by atoms with Crippen molar-refractivity contribution in [1.82, 2.24) is 19.5 Å². The predicted octanol–water partition coefficient (Wildman–Crippen LogP) is 15.4. The second-order valence-electron chi connectivity index (χ2n) is 16.3. The third-order valence-corrected chi connectivity index (χ3v) is 12.6. The smallest absolute Gasteiger partial charge is 0.183 e. The standard InChI is InChI=1S/C58H36N4O/c1-4-15-36(16-5-1)39-26-27-51-48(32-39)49-34-41(38-19-8-3-9-20-38)33-47(55(49)60-51)42-29-40(37-17-6-2-7-18-37)30-43(31-42)52-35-50-45-22-11-13-25-54(45)63-56(50)58(61-52)62-53-24-12-10-21-44(53)46-23-14-28-59-57(46)62/h1-35,60H. The van der Waals surface area contributed by atoms with E-state index in [4.69, 9.17) is 14.4 Å². The Morgan fingerprint density at radius 2 is 1.03 bits per heavy atom. The maximum atomic E-state index is 6.74. The van der Waals surface area contributed by atoms with Crippen LogP contribution in [-0.4, -0.2) is 19.5 Å². The number of para-hydroxylation sites is 2. The van der Waals surface area contributed by atoms with Gasteiger partial charge in [0.05, 0.1) is 16.7 Å². The van der Waals surface area contributed by atoms with Crippen molar-refractivity contribution in [1.29, 1.82) is 0 Å². The highest BCUT2D eigenvalue weighted by molar-refractivity contribution is 6.15. The molecule has 0 aliphatic rings. The topological polar surface area (TPSA) is 59.6 Å². The Morgan fingerprint density at radius 3 is 1.81 bits per heavy atom. The number of aromatic nitrogens is 4. The molecular weight excluding hydrogens is 769 g/mol. The molecule has 0 bridgehead atoms. The fourth-order valence-electron chi connectivity index (χ4n) is 9.58. The molecule has 5 heterocycles. The van der Waals surface area contributed by atoms with Gasteiger partial charge in [-0.15, -0.1) is 0 Å². The summed E-state index contributed by atoms with van der Waals surface area (Å²) in [6.45, 7) is 0. The number of hydrogen-bond acceptors (Lipinski definition) is 3. The SMILES string of the molecule is c1ccc(-c2cc(-c3cc4c(oc5ccccc54)c(-n4c5ccccc5c5cccnc54)n3)cc(-c3cc(-c4ccccc4)cc4c3[nH]c3ccc(-c5ccccc5)cc34)c2)cc1. The molecule has 0 aliphatic heterocycles. The van der Waals surface area contributed by atoms with E-state index in [2.05, 4.69) is 198 Å². The highest BCUT2D eigenvalue weighted by Gasteiger charge is 2.23. The van der Waals surface area contributed by atoms with Crippen LogP contribution in [-0.2, 0) is 0 Å². The summed E-state index contributed by atoms with van der Waals surface area (Å²) < 4.78 is 8.90. The first-order valence-electron chi connectivity index (χ1n) is 21.3. The van der Waals surface area contributed by atoms with Crippen molar-refractivity contribution >= 4 is 65.7 Å². The van der Waals surface area contributed by atoms with Gasteiger partial charge in [0, 0.05) is 55.2 Å². The van der Waals surface area contributed by atoms with Crippen molar-refractivity contribution in [3.05, 3.63) is 212 Å². The van der Waals surface area contributed by atoms with E-state index >= 15 is 0 Å². The average molecular weight is 805 g/mol. The van der Waals surface area contributed by atoms with Crippen molar-refractivity contribution in [3.63, 3.8) is 0 Å². The fourth-order valence-corrected chi connectivity index (χ4v) is 9.58. The molecule has 0 fully saturated rings. The quantitative estimate of drug-likeness (QED) is 0.182. The first-order valence-corrected chi connectivity index (χ1v) is 21.3. The summed E-state index contributed by atoms with van der Waals surface area (Å²) in [6, 6.07) is 73.3. The second kappa shape index (κ2) is 14.0. The van der Waals surface area contributed by atoms with Crippen LogP contribution in [0.1, 0.15) is 0 Å². The summed E-state index contributed by atoms with van der Waals surface area (Å²) in [4.78, 5) is 14.4. The van der Waals surface area contributed by atoms with Crippen LogP contribution in [0, 0.1) is 0 Å². The van der Waals surface area contributed by atoms with Crippen LogP contribution < -0.4 is 0 Å². The average Bonchev–Trinajstić information content (AvgIpc) is 4.04. The summed E-state index contributed by atoms with van der Waals surface area (Å²) in [5.41, 5.74) is 16.5. The molecule has 5 aromatic heterocycles. The molecule has 13 aromatic rings. The number of pyridine rings is 2. The normalized spacial score (nSPS) is 11.8. The van der Waals surface area contributed by atoms with Crippen LogP contribution in [0.4, 0.5) is 0 Å². The zero-order valence-corrected chi connectivity index (χ0v) is 34.0. The fraction of sp³-hybridized carbons (Fsp3) is 0. The monoisotopic (exact) mass is 804 g/mol. The summed E-state index contributed by atoms with van der Waals surface area (Å²) in [5, 5.41) is 6.58. The molecule has 0 saturated carbocycles. The van der Waals surface area contributed by atoms with Gasteiger partial charge in [0.15, 0.2) is 11.4 Å². The van der Waals surface area contributed by atoms with E-state index in [1.165, 1.54) is 21.9 Å². The lowest BCUT2D eigenvalue weighted by Crippen LogP contribution is -2.01. The van der Waals surface area contributed by atoms with E-state index < -0.39 is 0 Å². The Labute approximate surface area is 362 Å². The van der Waals surface area contributed by atoms with E-state index in [1.807, 2.05) is 24.4 Å². The summed E-state index contributed by atoms with van der Waals surface area (Å²) >= 11 is 0. The molecule has 0 spiro atoms. The van der Waals surface area contributed by atoms with Gasteiger partial charge in [-0.2, -0.15) is 0 Å². The van der Waals surface area contributed by atoms with Crippen molar-refractivity contribution in [2.45, 2.75) is 0 Å². The molecule has 63 heavy (non-hydrogen) atoms. The highest BCUT2D eigenvalue weighted by atomic mass is 16.3. The maximum Gasteiger partial charge on any atom is 0.183 e. The van der Waals surface area contributed by atoms with E-state index in [9.17, 15) is 0 Å². The maximum absolute atomic E-state index is 6.74. The van der Waals surface area contributed by atoms with Crippen molar-refractivity contribution in [2.24, 2.45) is 0 Å². The largest absolute Gasteiger partial charge is 0.452 e. The van der Waals surface area contributed by atoms with Crippen LogP contribution in [0.5, 0.6) is 0 Å². The number of fused-ring (bicyclic) bond motifs is 9. The molecule has 13 rings (SSSR count). The Morgan fingerprint density at radius 1 is 0.413 bits per heavy atom. The molecule has 294 valence electrons. The molecule has 0 saturated heterocycles. The van der Waals surface area contributed by atoms with Crippen LogP contribution in [0.2, 0.25) is 0 Å². The number of benzene rings is 8. The van der Waals surface area contributed by atoms with E-state index in [1.54, 1.807) is 0 Å². The number of rotatable bonds is 6. The van der Waals surface area contributed by atoms with Gasteiger partial charge in [-0.1, -0.05) is 133 Å². The Hall–Kier alpha value is -8.54. The first kappa shape index (κ1) is 35.2. The van der Waals surface area contributed by atoms with Gasteiger partial charge < -0.3 is 9.40 Å². The predicted molar refractivity (Wildman–Crippen MR) is 260 cm³/mol. The lowest BCUT2D eigenvalue weighted by molar-refractivity contribution is 0.663. The summed E-state index contributed by atoms with van der Waals surface area (Å²) in [7, 11) is 0. The van der Waals surface area contributed by atoms with Gasteiger partial charge in [0.2, 0.25) is 0 Å². The first-order chi connectivity index (χ1) is 31.2. The van der Waals surface area contributed by atoms with Crippen LogP contribution >= 0.6 is 0 Å². The molecule has 0 aliphatic carbocycles. The molecule has 1 N–H and O–H groups in total. The molecular formula is C58H36N4O. The van der Waals surface area contributed by atoms with Crippen molar-refractivity contribution in [3.8, 4) is 61.6 Å². The molecule has 0 unspecified atom stereocenters. The number of furan rings is 1. The van der Waals surface area contributed by atoms with Crippen LogP contribution in [0.3, 0.4) is 0 Å². The Balaban J connectivity index is 1.11. The van der Waals surface area contributed by atoms with Gasteiger partial charge in [-0.05, 0) is 112 Å². The van der Waals surface area contributed by atoms with E-state index in [0.29, 0.717) is 5.82 Å². The number of hydrogen-bond donors (Lipinski definition) is 1. The third-order valence-electron chi connectivity index (χ3n) is 12.6. The summed E-state index contributed by atoms with van der Waals surface area (Å²) in [6.07, 6.45) is 1.85. The molecule has 0 amide bonds. The summed E-state index contributed by atoms with van der Waals surface area (Å²) in [5.74, 6) is 0.702. The zero-order valence-electron chi connectivity index (χ0n) is 34.0. The van der Waals surface area contributed by atoms with Gasteiger partial charge in [-0.25, -0.2) is 9.97 Å². The van der Waals surface area contributed by atoms with Gasteiger partial charge >= 0.3 is 0 Å². The number of nitrogens with zero attached hydrogens (tertiary/aromatic N) is 3. The van der Waals surface area contributed by atoms with E-state index in [0.717, 1.165) is 99.5 Å².